The fourth-order valence-electron chi connectivity index (χ4n) is 0.729. The van der Waals surface area contributed by atoms with E-state index in [4.69, 9.17) is 4.74 Å². The second kappa shape index (κ2) is 3.33. The first-order valence-corrected chi connectivity index (χ1v) is 3.98. The van der Waals surface area contributed by atoms with Crippen molar-refractivity contribution in [2.75, 3.05) is 32.6 Å². The summed E-state index contributed by atoms with van der Waals surface area (Å²) < 4.78 is 7.46. The van der Waals surface area contributed by atoms with Gasteiger partial charge in [-0.1, -0.05) is 11.9 Å². The lowest BCUT2D eigenvalue weighted by Crippen LogP contribution is -2.30. The molecule has 0 aromatic carbocycles. The highest BCUT2D eigenvalue weighted by Crippen LogP contribution is 2.06. The molecule has 8 heavy (non-hydrogen) atoms. The molecule has 0 unspecified atom stereocenters. The van der Waals surface area contributed by atoms with Crippen LogP contribution in [0.1, 0.15) is 0 Å². The molecule has 0 amide bonds. The molecule has 0 saturated carbocycles. The van der Waals surface area contributed by atoms with Gasteiger partial charge < -0.3 is 4.74 Å². The lowest BCUT2D eigenvalue weighted by atomic mass is 10.5. The SMILES string of the molecule is CSN1CCOCC1. The Labute approximate surface area is 54.3 Å². The molecule has 1 rings (SSSR count). The Hall–Kier alpha value is 0.270. The normalized spacial score (nSPS) is 23.6. The number of ether oxygens (including phenoxy) is 1. The highest BCUT2D eigenvalue weighted by atomic mass is 32.2. The average molecular weight is 133 g/mol. The van der Waals surface area contributed by atoms with Crippen LogP contribution in [0, 0.1) is 0 Å². The summed E-state index contributed by atoms with van der Waals surface area (Å²) >= 11 is 1.80. The number of hydrogen-bond acceptors (Lipinski definition) is 3. The van der Waals surface area contributed by atoms with Crippen molar-refractivity contribution in [3.63, 3.8) is 0 Å². The first-order chi connectivity index (χ1) is 3.93. The van der Waals surface area contributed by atoms with Gasteiger partial charge in [0, 0.05) is 13.1 Å². The Morgan fingerprint density at radius 1 is 1.38 bits per heavy atom. The van der Waals surface area contributed by atoms with Gasteiger partial charge in [0.25, 0.3) is 0 Å². The maximum atomic E-state index is 5.15. The van der Waals surface area contributed by atoms with Crippen LogP contribution >= 0.6 is 11.9 Å². The number of hydrogen-bond donors (Lipinski definition) is 0. The molecule has 0 N–H and O–H groups in total. The van der Waals surface area contributed by atoms with E-state index < -0.39 is 0 Å². The number of morpholine rings is 1. The summed E-state index contributed by atoms with van der Waals surface area (Å²) in [6.07, 6.45) is 2.10. The zero-order chi connectivity index (χ0) is 5.82. The van der Waals surface area contributed by atoms with E-state index in [9.17, 15) is 0 Å². The molecule has 0 aliphatic carbocycles. The molecule has 1 aliphatic rings. The second-order valence-corrected chi connectivity index (χ2v) is 2.61. The predicted molar refractivity (Wildman–Crippen MR) is 35.9 cm³/mol. The van der Waals surface area contributed by atoms with Gasteiger partial charge in [0.15, 0.2) is 0 Å². The Bertz CT molecular complexity index is 63.4. The van der Waals surface area contributed by atoms with Crippen LogP contribution < -0.4 is 0 Å². The summed E-state index contributed by atoms with van der Waals surface area (Å²) in [6.45, 7) is 3.98. The Kier molecular flexibility index (Phi) is 2.66. The third-order valence-electron chi connectivity index (χ3n) is 1.23. The molecule has 1 aliphatic heterocycles. The van der Waals surface area contributed by atoms with Gasteiger partial charge in [-0.15, -0.1) is 0 Å². The van der Waals surface area contributed by atoms with Crippen molar-refractivity contribution in [1.29, 1.82) is 0 Å². The lowest BCUT2D eigenvalue weighted by Gasteiger charge is -2.23. The fourth-order valence-corrected chi connectivity index (χ4v) is 1.24. The quantitative estimate of drug-likeness (QED) is 0.486. The van der Waals surface area contributed by atoms with E-state index in [0.29, 0.717) is 0 Å². The van der Waals surface area contributed by atoms with Gasteiger partial charge in [-0.25, -0.2) is 4.31 Å². The third-order valence-corrected chi connectivity index (χ3v) is 2.11. The van der Waals surface area contributed by atoms with Crippen LogP contribution in [-0.4, -0.2) is 36.9 Å². The van der Waals surface area contributed by atoms with Crippen LogP contribution in [0.15, 0.2) is 0 Å². The van der Waals surface area contributed by atoms with E-state index in [0.717, 1.165) is 26.3 Å². The monoisotopic (exact) mass is 133 g/mol. The van der Waals surface area contributed by atoms with Crippen molar-refractivity contribution < 1.29 is 4.74 Å². The first-order valence-electron chi connectivity index (χ1n) is 2.80. The van der Waals surface area contributed by atoms with Gasteiger partial charge in [-0.2, -0.15) is 0 Å². The summed E-state index contributed by atoms with van der Waals surface area (Å²) in [5, 5.41) is 0. The molecule has 0 atom stereocenters. The van der Waals surface area contributed by atoms with Gasteiger partial charge >= 0.3 is 0 Å². The molecular formula is C5H11NOS. The molecule has 0 aromatic heterocycles. The summed E-state index contributed by atoms with van der Waals surface area (Å²) in [5.74, 6) is 0. The van der Waals surface area contributed by atoms with Crippen LogP contribution in [-0.2, 0) is 4.74 Å². The molecular weight excluding hydrogens is 122 g/mol. The first kappa shape index (κ1) is 6.39. The van der Waals surface area contributed by atoms with Gasteiger partial charge in [0.2, 0.25) is 0 Å². The topological polar surface area (TPSA) is 12.5 Å². The van der Waals surface area contributed by atoms with Crippen molar-refractivity contribution in [2.45, 2.75) is 0 Å². The van der Waals surface area contributed by atoms with Crippen LogP contribution in [0.4, 0.5) is 0 Å². The number of nitrogens with zero attached hydrogens (tertiary/aromatic N) is 1. The lowest BCUT2D eigenvalue weighted by molar-refractivity contribution is 0.0775. The average Bonchev–Trinajstić information content (AvgIpc) is 1.90. The summed E-state index contributed by atoms with van der Waals surface area (Å²) in [4.78, 5) is 0. The predicted octanol–water partition coefficient (Wildman–Crippen LogP) is 0.597. The minimum atomic E-state index is 0.904. The van der Waals surface area contributed by atoms with Crippen molar-refractivity contribution in [2.24, 2.45) is 0 Å². The largest absolute Gasteiger partial charge is 0.379 e. The fraction of sp³-hybridized carbons (Fsp3) is 1.00. The van der Waals surface area contributed by atoms with E-state index in [1.165, 1.54) is 0 Å². The molecule has 48 valence electrons. The van der Waals surface area contributed by atoms with E-state index in [-0.39, 0.29) is 0 Å². The molecule has 1 saturated heterocycles. The van der Waals surface area contributed by atoms with E-state index in [1.54, 1.807) is 11.9 Å². The summed E-state index contributed by atoms with van der Waals surface area (Å²) in [6, 6.07) is 0. The maximum Gasteiger partial charge on any atom is 0.0603 e. The molecule has 1 fully saturated rings. The molecule has 2 nitrogen and oxygen atoms in total. The van der Waals surface area contributed by atoms with Gasteiger partial charge in [-0.3, -0.25) is 0 Å². The molecule has 3 heteroatoms. The van der Waals surface area contributed by atoms with Crippen LogP contribution in [0.25, 0.3) is 0 Å². The standard InChI is InChI=1S/C5H11NOS/c1-8-6-2-4-7-5-3-6/h2-5H2,1H3. The van der Waals surface area contributed by atoms with Gasteiger partial charge in [0.1, 0.15) is 0 Å². The minimum Gasteiger partial charge on any atom is -0.379 e. The molecule has 0 radical (unpaired) electrons. The smallest absolute Gasteiger partial charge is 0.0603 e. The highest BCUT2D eigenvalue weighted by Gasteiger charge is 2.06. The zero-order valence-electron chi connectivity index (χ0n) is 5.09. The van der Waals surface area contributed by atoms with Gasteiger partial charge in [-0.05, 0) is 6.26 Å². The zero-order valence-corrected chi connectivity index (χ0v) is 5.91. The van der Waals surface area contributed by atoms with Crippen molar-refractivity contribution >= 4 is 11.9 Å². The maximum absolute atomic E-state index is 5.15. The molecule has 0 spiro atoms. The van der Waals surface area contributed by atoms with E-state index in [1.807, 2.05) is 0 Å². The number of rotatable bonds is 1. The Morgan fingerprint density at radius 3 is 2.38 bits per heavy atom. The van der Waals surface area contributed by atoms with Crippen LogP contribution in [0.2, 0.25) is 0 Å². The van der Waals surface area contributed by atoms with Crippen LogP contribution in [0.5, 0.6) is 0 Å². The van der Waals surface area contributed by atoms with Gasteiger partial charge in [0.05, 0.1) is 13.2 Å². The molecule has 1 heterocycles. The minimum absolute atomic E-state index is 0.904. The van der Waals surface area contributed by atoms with Crippen molar-refractivity contribution in [3.8, 4) is 0 Å². The van der Waals surface area contributed by atoms with E-state index in [2.05, 4.69) is 10.6 Å². The Morgan fingerprint density at radius 2 is 2.00 bits per heavy atom. The second-order valence-electron chi connectivity index (χ2n) is 1.72. The van der Waals surface area contributed by atoms with Crippen LogP contribution in [0.3, 0.4) is 0 Å². The van der Waals surface area contributed by atoms with Crippen molar-refractivity contribution in [1.82, 2.24) is 4.31 Å². The Balaban J connectivity index is 2.13. The molecule has 0 aromatic rings. The third kappa shape index (κ3) is 1.65. The van der Waals surface area contributed by atoms with E-state index >= 15 is 0 Å². The summed E-state index contributed by atoms with van der Waals surface area (Å²) in [5.41, 5.74) is 0. The summed E-state index contributed by atoms with van der Waals surface area (Å²) in [7, 11) is 0. The van der Waals surface area contributed by atoms with Crippen molar-refractivity contribution in [3.05, 3.63) is 0 Å². The molecule has 0 bridgehead atoms. The highest BCUT2D eigenvalue weighted by molar-refractivity contribution is 7.96.